The highest BCUT2D eigenvalue weighted by molar-refractivity contribution is 9.10. The third-order valence-electron chi connectivity index (χ3n) is 3.74. The zero-order valence-electron chi connectivity index (χ0n) is 12.7. The Kier molecular flexibility index (Phi) is 4.43. The van der Waals surface area contributed by atoms with Crippen molar-refractivity contribution in [3.63, 3.8) is 0 Å². The number of hydrogen-bond donors (Lipinski definition) is 1. The second kappa shape index (κ2) is 6.50. The molecule has 2 amide bonds. The van der Waals surface area contributed by atoms with Crippen molar-refractivity contribution in [2.45, 2.75) is 19.8 Å². The summed E-state index contributed by atoms with van der Waals surface area (Å²) in [5.41, 5.74) is 3.36. The van der Waals surface area contributed by atoms with Crippen LogP contribution in [0.2, 0.25) is 0 Å². The van der Waals surface area contributed by atoms with E-state index in [1.165, 1.54) is 11.8 Å². The molecule has 0 unspecified atom stereocenters. The number of hydrogen-bond acceptors (Lipinski definition) is 4. The maximum absolute atomic E-state index is 12.7. The fourth-order valence-corrected chi connectivity index (χ4v) is 3.28. The van der Waals surface area contributed by atoms with Gasteiger partial charge in [0.15, 0.2) is 0 Å². The average Bonchev–Trinajstić information content (AvgIpc) is 2.96. The minimum absolute atomic E-state index is 0.134. The third-order valence-corrected chi connectivity index (χ3v) is 4.20. The fraction of sp³-hybridized carbons (Fsp3) is 0.235. The van der Waals surface area contributed by atoms with Crippen molar-refractivity contribution in [3.05, 3.63) is 52.3 Å². The number of anilines is 2. The molecular weight excluding hydrogens is 358 g/mol. The maximum atomic E-state index is 12.7. The number of amides is 2. The molecule has 1 aliphatic heterocycles. The Balaban J connectivity index is 1.97. The van der Waals surface area contributed by atoms with Gasteiger partial charge in [0.25, 0.3) is 0 Å². The molecule has 0 radical (unpaired) electrons. The number of carbonyl (C=O) groups is 2. The summed E-state index contributed by atoms with van der Waals surface area (Å²) in [6, 6.07) is 7.42. The lowest BCUT2D eigenvalue weighted by molar-refractivity contribution is -0.125. The molecule has 0 spiro atoms. The van der Waals surface area contributed by atoms with Crippen molar-refractivity contribution >= 4 is 39.1 Å². The molecule has 0 fully saturated rings. The normalized spacial score (nSPS) is 12.4. The number of nitrogens with one attached hydrogen (secondary N) is 1. The van der Waals surface area contributed by atoms with Crippen molar-refractivity contribution in [2.75, 3.05) is 16.8 Å². The second-order valence-corrected chi connectivity index (χ2v) is 6.34. The first-order valence-corrected chi connectivity index (χ1v) is 8.14. The highest BCUT2D eigenvalue weighted by Gasteiger charge is 2.26. The Labute approximate surface area is 142 Å². The first-order valence-electron chi connectivity index (χ1n) is 7.35. The molecule has 0 saturated heterocycles. The van der Waals surface area contributed by atoms with Crippen LogP contribution in [0.1, 0.15) is 18.1 Å². The van der Waals surface area contributed by atoms with E-state index in [4.69, 9.17) is 0 Å². The minimum Gasteiger partial charge on any atom is -0.383 e. The van der Waals surface area contributed by atoms with Crippen molar-refractivity contribution in [1.29, 1.82) is 0 Å². The van der Waals surface area contributed by atoms with Crippen LogP contribution in [-0.2, 0) is 22.4 Å². The van der Waals surface area contributed by atoms with Crippen LogP contribution in [-0.4, -0.2) is 23.3 Å². The lowest BCUT2D eigenvalue weighted by Crippen LogP contribution is -2.36. The summed E-state index contributed by atoms with van der Waals surface area (Å²) in [7, 11) is 0. The van der Waals surface area contributed by atoms with E-state index in [-0.39, 0.29) is 18.2 Å². The van der Waals surface area contributed by atoms with Gasteiger partial charge in [-0.3, -0.25) is 14.6 Å². The van der Waals surface area contributed by atoms with Gasteiger partial charge in [0.2, 0.25) is 11.8 Å². The highest BCUT2D eigenvalue weighted by atomic mass is 79.9. The van der Waals surface area contributed by atoms with Crippen LogP contribution >= 0.6 is 15.9 Å². The predicted molar refractivity (Wildman–Crippen MR) is 92.4 cm³/mol. The molecule has 5 nitrogen and oxygen atoms in total. The van der Waals surface area contributed by atoms with E-state index >= 15 is 0 Å². The Bertz CT molecular complexity index is 762. The molecule has 3 rings (SSSR count). The number of rotatable bonds is 3. The van der Waals surface area contributed by atoms with Crippen molar-refractivity contribution in [2.24, 2.45) is 0 Å². The van der Waals surface area contributed by atoms with E-state index in [1.54, 1.807) is 24.5 Å². The summed E-state index contributed by atoms with van der Waals surface area (Å²) in [6.07, 6.45) is 4.31. The lowest BCUT2D eigenvalue weighted by atomic mass is 10.1. The number of aromatic nitrogens is 1. The quantitative estimate of drug-likeness (QED) is 0.898. The smallest absolute Gasteiger partial charge is 0.238 e. The molecule has 1 aliphatic rings. The average molecular weight is 374 g/mol. The molecule has 1 aromatic carbocycles. The van der Waals surface area contributed by atoms with E-state index in [2.05, 4.69) is 26.2 Å². The molecule has 2 heterocycles. The summed E-state index contributed by atoms with van der Waals surface area (Å²) in [5, 5.41) is 3.27. The van der Waals surface area contributed by atoms with E-state index in [0.29, 0.717) is 5.69 Å². The van der Waals surface area contributed by atoms with Gasteiger partial charge >= 0.3 is 0 Å². The standard InChI is InChI=1S/C17H16BrN3O2/c1-11(22)21(16(23)7-12-3-2-5-19-10-12)15-9-14(18)8-13-4-6-20-17(13)15/h2-3,5,8-10,20H,4,6-7H2,1H3. The first-order chi connectivity index (χ1) is 11.1. The zero-order chi connectivity index (χ0) is 16.4. The largest absolute Gasteiger partial charge is 0.383 e. The third kappa shape index (κ3) is 3.27. The van der Waals surface area contributed by atoms with Crippen molar-refractivity contribution in [1.82, 2.24) is 4.98 Å². The predicted octanol–water partition coefficient (Wildman–Crippen LogP) is 2.93. The van der Waals surface area contributed by atoms with Gasteiger partial charge < -0.3 is 5.32 Å². The Morgan fingerprint density at radius 1 is 1.39 bits per heavy atom. The van der Waals surface area contributed by atoms with Gasteiger partial charge in [0.05, 0.1) is 17.8 Å². The van der Waals surface area contributed by atoms with Gasteiger partial charge in [0, 0.05) is 30.3 Å². The zero-order valence-corrected chi connectivity index (χ0v) is 14.3. The van der Waals surface area contributed by atoms with Crippen LogP contribution < -0.4 is 10.2 Å². The van der Waals surface area contributed by atoms with Gasteiger partial charge in [-0.15, -0.1) is 0 Å². The molecule has 23 heavy (non-hydrogen) atoms. The number of imide groups is 1. The molecule has 118 valence electrons. The van der Waals surface area contributed by atoms with Crippen LogP contribution in [0.5, 0.6) is 0 Å². The maximum Gasteiger partial charge on any atom is 0.238 e. The monoisotopic (exact) mass is 373 g/mol. The molecule has 0 saturated carbocycles. The number of pyridine rings is 1. The number of benzene rings is 1. The molecular formula is C17H16BrN3O2. The van der Waals surface area contributed by atoms with Crippen LogP contribution in [0.3, 0.4) is 0 Å². The Morgan fingerprint density at radius 3 is 2.91 bits per heavy atom. The molecule has 2 aromatic rings. The van der Waals surface area contributed by atoms with Crippen LogP contribution in [0.4, 0.5) is 11.4 Å². The second-order valence-electron chi connectivity index (χ2n) is 5.42. The number of halogens is 1. The van der Waals surface area contributed by atoms with Crippen LogP contribution in [0.25, 0.3) is 0 Å². The lowest BCUT2D eigenvalue weighted by Gasteiger charge is -2.22. The van der Waals surface area contributed by atoms with Gasteiger partial charge in [-0.25, -0.2) is 4.90 Å². The number of carbonyl (C=O) groups excluding carboxylic acids is 2. The van der Waals surface area contributed by atoms with Gasteiger partial charge in [-0.2, -0.15) is 0 Å². The summed E-state index contributed by atoms with van der Waals surface area (Å²) < 4.78 is 0.857. The van der Waals surface area contributed by atoms with Crippen LogP contribution in [0, 0.1) is 0 Å². The summed E-state index contributed by atoms with van der Waals surface area (Å²) >= 11 is 3.46. The van der Waals surface area contributed by atoms with E-state index in [1.807, 2.05) is 12.1 Å². The van der Waals surface area contributed by atoms with Crippen LogP contribution in [0.15, 0.2) is 41.1 Å². The molecule has 0 bridgehead atoms. The molecule has 1 aromatic heterocycles. The van der Waals surface area contributed by atoms with Gasteiger partial charge in [-0.05, 0) is 35.7 Å². The first kappa shape index (κ1) is 15.7. The SMILES string of the molecule is CC(=O)N(C(=O)Cc1cccnc1)c1cc(Br)cc2c1NCC2. The van der Waals surface area contributed by atoms with Crippen molar-refractivity contribution < 1.29 is 9.59 Å². The highest BCUT2D eigenvalue weighted by Crippen LogP contribution is 2.37. The number of nitrogens with zero attached hydrogens (tertiary/aromatic N) is 2. The van der Waals surface area contributed by atoms with Crippen molar-refractivity contribution in [3.8, 4) is 0 Å². The van der Waals surface area contributed by atoms with E-state index < -0.39 is 0 Å². The summed E-state index contributed by atoms with van der Waals surface area (Å²) in [6.45, 7) is 2.21. The Morgan fingerprint density at radius 2 is 2.22 bits per heavy atom. The summed E-state index contributed by atoms with van der Waals surface area (Å²) in [5.74, 6) is -0.563. The minimum atomic E-state index is -0.298. The van der Waals surface area contributed by atoms with Gasteiger partial charge in [0.1, 0.15) is 0 Å². The molecule has 0 aliphatic carbocycles. The molecule has 6 heteroatoms. The topological polar surface area (TPSA) is 62.3 Å². The fourth-order valence-electron chi connectivity index (χ4n) is 2.78. The van der Waals surface area contributed by atoms with Gasteiger partial charge in [-0.1, -0.05) is 22.0 Å². The summed E-state index contributed by atoms with van der Waals surface area (Å²) in [4.78, 5) is 30.1. The Hall–Kier alpha value is -2.21. The number of fused-ring (bicyclic) bond motifs is 1. The molecule has 1 N–H and O–H groups in total. The van der Waals surface area contributed by atoms with E-state index in [9.17, 15) is 9.59 Å². The molecule has 0 atom stereocenters. The van der Waals surface area contributed by atoms with E-state index in [0.717, 1.165) is 34.3 Å².